The van der Waals surface area contributed by atoms with Crippen LogP contribution in [0.2, 0.25) is 0 Å². The second kappa shape index (κ2) is 8.66. The van der Waals surface area contributed by atoms with Gasteiger partial charge in [0.05, 0.1) is 18.1 Å². The number of methoxy groups -OCH3 is 1. The molecule has 5 saturated carbocycles. The van der Waals surface area contributed by atoms with Crippen molar-refractivity contribution < 1.29 is 19.7 Å². The molecular weight excluding hydrogens is 486 g/mol. The standard InChI is InChI=1S/C34H47NO4/c1-5-22-9-8-21(16-26(22)35-19-20(2)36)15-23-10-13-32-14-11-24-18-33(12-6-7-25(23)32)31(32,3)29(24)30-27(37)17-28(39-4)34(30,33)38/h6-9,16,20,23-25,28-30,35-36,38H,5,10-15,17-19H2,1-4H3. The third-order valence-electron chi connectivity index (χ3n) is 13.4. The van der Waals surface area contributed by atoms with Gasteiger partial charge in [-0.25, -0.2) is 0 Å². The number of allylic oxidation sites excluding steroid dienone is 2. The first-order valence-corrected chi connectivity index (χ1v) is 15.6. The molecule has 5 nitrogen and oxygen atoms in total. The number of ketones is 1. The minimum Gasteiger partial charge on any atom is -0.392 e. The molecule has 0 aromatic heterocycles. The maximum atomic E-state index is 13.6. The molecule has 0 heterocycles. The van der Waals surface area contributed by atoms with Gasteiger partial charge in [-0.05, 0) is 110 Å². The molecule has 3 N–H and O–H groups in total. The number of aliphatic hydroxyl groups is 2. The van der Waals surface area contributed by atoms with Crippen LogP contribution >= 0.6 is 0 Å². The second-order valence-corrected chi connectivity index (χ2v) is 14.4. The van der Waals surface area contributed by atoms with E-state index in [1.165, 1.54) is 36.8 Å². The number of Topliss-reactive ketones (excluding diaryl/α,β-unsaturated/α-hetero) is 1. The van der Waals surface area contributed by atoms with E-state index in [0.29, 0.717) is 30.7 Å². The summed E-state index contributed by atoms with van der Waals surface area (Å²) in [5, 5.41) is 26.0. The quantitative estimate of drug-likeness (QED) is 0.413. The fraction of sp³-hybridized carbons (Fsp3) is 0.735. The predicted molar refractivity (Wildman–Crippen MR) is 152 cm³/mol. The van der Waals surface area contributed by atoms with Crippen LogP contribution in [0.1, 0.15) is 76.8 Å². The first kappa shape index (κ1) is 26.2. The number of anilines is 1. The molecule has 0 saturated heterocycles. The van der Waals surface area contributed by atoms with Gasteiger partial charge in [-0.2, -0.15) is 0 Å². The minimum absolute atomic E-state index is 0.0475. The van der Waals surface area contributed by atoms with Crippen molar-refractivity contribution in [2.45, 2.75) is 96.4 Å². The number of aryl methyl sites for hydroxylation is 1. The number of carbonyl (C=O) groups excluding carboxylic acids is 1. The molecule has 6 aliphatic carbocycles. The normalized spacial score (nSPS) is 47.7. The number of aliphatic hydroxyl groups excluding tert-OH is 1. The second-order valence-electron chi connectivity index (χ2n) is 14.4. The van der Waals surface area contributed by atoms with Crippen LogP contribution in [0.15, 0.2) is 30.4 Å². The van der Waals surface area contributed by atoms with Gasteiger partial charge >= 0.3 is 0 Å². The van der Waals surface area contributed by atoms with Crippen LogP contribution < -0.4 is 5.32 Å². The highest BCUT2D eigenvalue weighted by atomic mass is 16.5. The lowest BCUT2D eigenvalue weighted by molar-refractivity contribution is -0.193. The van der Waals surface area contributed by atoms with Gasteiger partial charge in [0.15, 0.2) is 0 Å². The van der Waals surface area contributed by atoms with Crippen molar-refractivity contribution in [2.24, 2.45) is 45.8 Å². The van der Waals surface area contributed by atoms with E-state index in [-0.39, 0.29) is 46.1 Å². The number of ether oxygens (including phenoxy) is 1. The van der Waals surface area contributed by atoms with Gasteiger partial charge in [0.1, 0.15) is 11.4 Å². The lowest BCUT2D eigenvalue weighted by Gasteiger charge is -2.59. The molecule has 11 atom stereocenters. The molecule has 5 fully saturated rings. The summed E-state index contributed by atoms with van der Waals surface area (Å²) in [6.07, 6.45) is 13.4. The average molecular weight is 534 g/mol. The van der Waals surface area contributed by atoms with Gasteiger partial charge in [0.2, 0.25) is 0 Å². The number of hydrogen-bond acceptors (Lipinski definition) is 5. The Balaban J connectivity index is 1.25. The lowest BCUT2D eigenvalue weighted by Crippen LogP contribution is -2.60. The Bertz CT molecular complexity index is 1210. The van der Waals surface area contributed by atoms with Crippen molar-refractivity contribution in [3.8, 4) is 0 Å². The summed E-state index contributed by atoms with van der Waals surface area (Å²) >= 11 is 0. The zero-order valence-electron chi connectivity index (χ0n) is 24.2. The first-order chi connectivity index (χ1) is 18.7. The maximum absolute atomic E-state index is 13.6. The van der Waals surface area contributed by atoms with Crippen molar-refractivity contribution in [3.63, 3.8) is 0 Å². The van der Waals surface area contributed by atoms with Crippen LogP contribution in [0, 0.1) is 45.8 Å². The Morgan fingerprint density at radius 3 is 2.77 bits per heavy atom. The smallest absolute Gasteiger partial charge is 0.141 e. The molecule has 212 valence electrons. The molecule has 4 bridgehead atoms. The van der Waals surface area contributed by atoms with Crippen molar-refractivity contribution in [2.75, 3.05) is 19.0 Å². The third-order valence-corrected chi connectivity index (χ3v) is 13.4. The summed E-state index contributed by atoms with van der Waals surface area (Å²) in [4.78, 5) is 13.6. The van der Waals surface area contributed by atoms with E-state index in [2.05, 4.69) is 49.5 Å². The van der Waals surface area contributed by atoms with Gasteiger partial charge in [0, 0.05) is 31.2 Å². The Kier molecular flexibility index (Phi) is 5.82. The molecule has 0 radical (unpaired) electrons. The minimum atomic E-state index is -1.04. The maximum Gasteiger partial charge on any atom is 0.141 e. The summed E-state index contributed by atoms with van der Waals surface area (Å²) in [7, 11) is 1.69. The Labute approximate surface area is 233 Å². The molecule has 7 rings (SSSR count). The highest BCUT2D eigenvalue weighted by Gasteiger charge is 2.89. The summed E-state index contributed by atoms with van der Waals surface area (Å²) in [5.41, 5.74) is 2.59. The van der Waals surface area contributed by atoms with Crippen molar-refractivity contribution >= 4 is 11.5 Å². The molecule has 0 amide bonds. The zero-order chi connectivity index (χ0) is 27.4. The molecule has 11 unspecified atom stereocenters. The fourth-order valence-corrected chi connectivity index (χ4v) is 12.2. The average Bonchev–Trinajstić information content (AvgIpc) is 3.49. The van der Waals surface area contributed by atoms with E-state index in [1.807, 2.05) is 6.92 Å². The number of nitrogens with one attached hydrogen (secondary N) is 1. The predicted octanol–water partition coefficient (Wildman–Crippen LogP) is 5.33. The summed E-state index contributed by atoms with van der Waals surface area (Å²) < 4.78 is 5.93. The van der Waals surface area contributed by atoms with Crippen LogP contribution in [0.4, 0.5) is 5.69 Å². The van der Waals surface area contributed by atoms with Crippen LogP contribution in [0.5, 0.6) is 0 Å². The third kappa shape index (κ3) is 3.00. The number of hydrogen-bond donors (Lipinski definition) is 3. The number of carbonyl (C=O) groups is 1. The molecule has 6 aliphatic rings. The molecule has 5 heteroatoms. The van der Waals surface area contributed by atoms with Gasteiger partial charge in [-0.15, -0.1) is 0 Å². The molecular formula is C34H47NO4. The molecule has 0 aliphatic heterocycles. The monoisotopic (exact) mass is 533 g/mol. The van der Waals surface area contributed by atoms with Gasteiger partial charge < -0.3 is 20.3 Å². The van der Waals surface area contributed by atoms with E-state index in [4.69, 9.17) is 4.74 Å². The lowest BCUT2D eigenvalue weighted by atomic mass is 9.45. The number of fused-ring (bicyclic) bond motifs is 1. The van der Waals surface area contributed by atoms with Crippen LogP contribution in [0.25, 0.3) is 0 Å². The van der Waals surface area contributed by atoms with Gasteiger partial charge in [-0.1, -0.05) is 38.1 Å². The topological polar surface area (TPSA) is 78.8 Å². The Morgan fingerprint density at radius 1 is 1.23 bits per heavy atom. The molecule has 1 aromatic carbocycles. The van der Waals surface area contributed by atoms with E-state index in [9.17, 15) is 15.0 Å². The molecule has 39 heavy (non-hydrogen) atoms. The largest absolute Gasteiger partial charge is 0.392 e. The van der Waals surface area contributed by atoms with E-state index < -0.39 is 5.60 Å². The van der Waals surface area contributed by atoms with Crippen LogP contribution in [-0.2, 0) is 22.4 Å². The summed E-state index contributed by atoms with van der Waals surface area (Å²) in [6.45, 7) is 7.08. The van der Waals surface area contributed by atoms with Crippen molar-refractivity contribution in [1.82, 2.24) is 0 Å². The van der Waals surface area contributed by atoms with Gasteiger partial charge in [-0.3, -0.25) is 4.79 Å². The SMILES string of the molecule is CCc1ccc(CC2CCC34CCC5CC6(CC=CC23)C2(O)C(OC)CC(=O)C2C5C46C)cc1NCC(C)O. The van der Waals surface area contributed by atoms with Gasteiger partial charge in [0.25, 0.3) is 0 Å². The molecule has 1 spiro atoms. The van der Waals surface area contributed by atoms with E-state index in [1.54, 1.807) is 7.11 Å². The van der Waals surface area contributed by atoms with Crippen LogP contribution in [-0.4, -0.2) is 47.5 Å². The fourth-order valence-electron chi connectivity index (χ4n) is 12.2. The van der Waals surface area contributed by atoms with Crippen molar-refractivity contribution in [3.05, 3.63) is 41.5 Å². The Hall–Kier alpha value is -1.69. The summed E-state index contributed by atoms with van der Waals surface area (Å²) in [5.74, 6) is 1.88. The number of benzene rings is 1. The first-order valence-electron chi connectivity index (χ1n) is 15.6. The van der Waals surface area contributed by atoms with Crippen molar-refractivity contribution in [1.29, 1.82) is 0 Å². The zero-order valence-corrected chi connectivity index (χ0v) is 24.2. The molecule has 1 aromatic rings. The summed E-state index contributed by atoms with van der Waals surface area (Å²) in [6, 6.07) is 6.90. The highest BCUT2D eigenvalue weighted by molar-refractivity contribution is 5.88. The van der Waals surface area contributed by atoms with E-state index >= 15 is 0 Å². The highest BCUT2D eigenvalue weighted by Crippen LogP contribution is 2.88. The van der Waals surface area contributed by atoms with Crippen LogP contribution in [0.3, 0.4) is 0 Å². The Morgan fingerprint density at radius 2 is 2.03 bits per heavy atom. The number of rotatable bonds is 7. The van der Waals surface area contributed by atoms with E-state index in [0.717, 1.165) is 31.4 Å².